The van der Waals surface area contributed by atoms with Crippen molar-refractivity contribution >= 4 is 19.0 Å². The molecule has 1 fully saturated rings. The Balaban J connectivity index is 2.41. The molecule has 1 aromatic rings. The predicted molar refractivity (Wildman–Crippen MR) is 84.6 cm³/mol. The van der Waals surface area contributed by atoms with Crippen LogP contribution in [0.15, 0.2) is 30.3 Å². The third kappa shape index (κ3) is 2.69. The lowest BCUT2D eigenvalue weighted by Gasteiger charge is -2.50. The molecule has 2 rings (SSSR count). The van der Waals surface area contributed by atoms with Gasteiger partial charge in [-0.1, -0.05) is 69.4 Å². The highest BCUT2D eigenvalue weighted by molar-refractivity contribution is 6.92. The van der Waals surface area contributed by atoms with Gasteiger partial charge in [-0.25, -0.2) is 0 Å². The van der Waals surface area contributed by atoms with Crippen LogP contribution in [-0.2, 0) is 4.79 Å². The van der Waals surface area contributed by atoms with Crippen molar-refractivity contribution in [1.82, 2.24) is 0 Å². The van der Waals surface area contributed by atoms with Crippen LogP contribution < -0.4 is 5.19 Å². The summed E-state index contributed by atoms with van der Waals surface area (Å²) in [5, 5.41) is 1.65. The van der Waals surface area contributed by atoms with Crippen LogP contribution >= 0.6 is 0 Å². The molecule has 1 aliphatic carbocycles. The molecule has 0 saturated heterocycles. The summed E-state index contributed by atoms with van der Waals surface area (Å²) in [6.45, 7) is 11.7. The van der Waals surface area contributed by atoms with E-state index in [0.717, 1.165) is 12.8 Å². The van der Waals surface area contributed by atoms with Crippen LogP contribution in [0.2, 0.25) is 18.1 Å². The Morgan fingerprint density at radius 3 is 2.11 bits per heavy atom. The van der Waals surface area contributed by atoms with E-state index < -0.39 is 8.07 Å². The molecular weight excluding hydrogens is 248 g/mol. The van der Waals surface area contributed by atoms with E-state index in [-0.39, 0.29) is 10.5 Å². The van der Waals surface area contributed by atoms with Crippen LogP contribution in [0.1, 0.15) is 40.0 Å². The zero-order chi connectivity index (χ0) is 14.3. The molecule has 0 heterocycles. The minimum absolute atomic E-state index is 0.156. The first-order valence-electron chi connectivity index (χ1n) is 7.24. The number of hydrogen-bond acceptors (Lipinski definition) is 1. The van der Waals surface area contributed by atoms with Gasteiger partial charge >= 0.3 is 0 Å². The Kier molecular flexibility index (Phi) is 3.50. The molecule has 0 spiro atoms. The summed E-state index contributed by atoms with van der Waals surface area (Å²) in [4.78, 5) is 12.2. The highest BCUT2D eigenvalue weighted by atomic mass is 28.3. The lowest BCUT2D eigenvalue weighted by molar-refractivity contribution is -0.124. The lowest BCUT2D eigenvalue weighted by atomic mass is 9.71. The molecule has 1 saturated carbocycles. The van der Waals surface area contributed by atoms with E-state index in [9.17, 15) is 4.79 Å². The van der Waals surface area contributed by atoms with Gasteiger partial charge in [0.15, 0.2) is 0 Å². The van der Waals surface area contributed by atoms with Crippen LogP contribution in [0.25, 0.3) is 0 Å². The van der Waals surface area contributed by atoms with Gasteiger partial charge in [0.2, 0.25) is 0 Å². The second kappa shape index (κ2) is 4.59. The van der Waals surface area contributed by atoms with E-state index in [0.29, 0.717) is 5.78 Å². The maximum atomic E-state index is 12.2. The average molecular weight is 274 g/mol. The summed E-state index contributed by atoms with van der Waals surface area (Å²) < 4.78 is 0. The minimum atomic E-state index is -1.65. The topological polar surface area (TPSA) is 17.1 Å². The van der Waals surface area contributed by atoms with E-state index in [1.54, 1.807) is 0 Å². The summed E-state index contributed by atoms with van der Waals surface area (Å²) in [6.07, 6.45) is 2.69. The molecule has 1 nitrogen and oxygen atoms in total. The van der Waals surface area contributed by atoms with Crippen molar-refractivity contribution in [3.05, 3.63) is 30.3 Å². The highest BCUT2D eigenvalue weighted by Crippen LogP contribution is 2.54. The Morgan fingerprint density at radius 1 is 1.00 bits per heavy atom. The predicted octanol–water partition coefficient (Wildman–Crippen LogP) is 4.14. The molecule has 1 aromatic carbocycles. The standard InChI is InChI=1S/C17H26OSi/c1-16(2)11-14(18)12-17(3,13-16)19(4,5)15-9-7-6-8-10-15/h6-10H,11-13H2,1-5H3. The van der Waals surface area contributed by atoms with Crippen molar-refractivity contribution in [2.45, 2.75) is 58.2 Å². The number of carbonyl (C=O) groups excluding carboxylic acids is 1. The average Bonchev–Trinajstić information content (AvgIpc) is 2.26. The molecule has 1 atom stereocenters. The Bertz CT molecular complexity index is 475. The molecule has 104 valence electrons. The molecule has 2 heteroatoms. The summed E-state index contributed by atoms with van der Waals surface area (Å²) in [7, 11) is -1.65. The smallest absolute Gasteiger partial charge is 0.133 e. The van der Waals surface area contributed by atoms with Gasteiger partial charge in [-0.2, -0.15) is 0 Å². The van der Waals surface area contributed by atoms with E-state index in [4.69, 9.17) is 0 Å². The van der Waals surface area contributed by atoms with Gasteiger partial charge in [0.25, 0.3) is 0 Å². The molecule has 19 heavy (non-hydrogen) atoms. The first-order chi connectivity index (χ1) is 8.66. The molecule has 0 aromatic heterocycles. The Morgan fingerprint density at radius 2 is 1.58 bits per heavy atom. The number of Topliss-reactive ketones (excluding diaryl/α,β-unsaturated/α-hetero) is 1. The summed E-state index contributed by atoms with van der Waals surface area (Å²) in [5.41, 5.74) is 0.156. The van der Waals surface area contributed by atoms with Gasteiger partial charge in [0, 0.05) is 12.8 Å². The largest absolute Gasteiger partial charge is 0.300 e. The first kappa shape index (κ1) is 14.5. The van der Waals surface area contributed by atoms with E-state index >= 15 is 0 Å². The molecule has 0 N–H and O–H groups in total. The number of rotatable bonds is 2. The number of ketones is 1. The second-order valence-electron chi connectivity index (χ2n) is 7.78. The minimum Gasteiger partial charge on any atom is -0.300 e. The summed E-state index contributed by atoms with van der Waals surface area (Å²) in [6, 6.07) is 10.8. The van der Waals surface area contributed by atoms with Crippen molar-refractivity contribution in [2.24, 2.45) is 5.41 Å². The SMILES string of the molecule is CC1(C)CC(=O)CC(C)([Si](C)(C)c2ccccc2)C1. The van der Waals surface area contributed by atoms with Crippen LogP contribution in [0.3, 0.4) is 0 Å². The third-order valence-corrected chi connectivity index (χ3v) is 10.3. The normalized spacial score (nSPS) is 27.3. The fraction of sp³-hybridized carbons (Fsp3) is 0.588. The summed E-state index contributed by atoms with van der Waals surface area (Å²) in [5.74, 6) is 0.454. The zero-order valence-corrected chi connectivity index (χ0v) is 13.9. The molecule has 0 amide bonds. The van der Waals surface area contributed by atoms with Crippen molar-refractivity contribution < 1.29 is 4.79 Å². The van der Waals surface area contributed by atoms with Crippen LogP contribution in [0.4, 0.5) is 0 Å². The fourth-order valence-electron chi connectivity index (χ4n) is 3.86. The van der Waals surface area contributed by atoms with Gasteiger partial charge in [0.05, 0.1) is 8.07 Å². The Labute approximate surface area is 118 Å². The quantitative estimate of drug-likeness (QED) is 0.741. The maximum Gasteiger partial charge on any atom is 0.133 e. The van der Waals surface area contributed by atoms with Gasteiger partial charge in [0.1, 0.15) is 5.78 Å². The van der Waals surface area contributed by atoms with Gasteiger partial charge in [-0.3, -0.25) is 4.79 Å². The second-order valence-corrected chi connectivity index (χ2v) is 12.8. The summed E-state index contributed by atoms with van der Waals surface area (Å²) >= 11 is 0. The zero-order valence-electron chi connectivity index (χ0n) is 12.9. The molecule has 0 bridgehead atoms. The van der Waals surface area contributed by atoms with E-state index in [2.05, 4.69) is 64.2 Å². The maximum absolute atomic E-state index is 12.2. The number of benzene rings is 1. The number of hydrogen-bond donors (Lipinski definition) is 0. The first-order valence-corrected chi connectivity index (χ1v) is 10.2. The molecule has 0 radical (unpaired) electrons. The third-order valence-electron chi connectivity index (χ3n) is 5.14. The van der Waals surface area contributed by atoms with Crippen LogP contribution in [0.5, 0.6) is 0 Å². The lowest BCUT2D eigenvalue weighted by Crippen LogP contribution is -2.55. The fourth-order valence-corrected chi connectivity index (χ4v) is 7.14. The van der Waals surface area contributed by atoms with E-state index in [1.165, 1.54) is 11.6 Å². The van der Waals surface area contributed by atoms with Crippen molar-refractivity contribution in [3.8, 4) is 0 Å². The Hall–Kier alpha value is -0.893. The van der Waals surface area contributed by atoms with Gasteiger partial charge in [-0.15, -0.1) is 0 Å². The van der Waals surface area contributed by atoms with Crippen molar-refractivity contribution in [2.75, 3.05) is 0 Å². The van der Waals surface area contributed by atoms with Gasteiger partial charge in [-0.05, 0) is 16.9 Å². The molecule has 0 aliphatic heterocycles. The van der Waals surface area contributed by atoms with E-state index in [1.807, 2.05) is 0 Å². The van der Waals surface area contributed by atoms with Crippen LogP contribution in [0, 0.1) is 5.41 Å². The highest BCUT2D eigenvalue weighted by Gasteiger charge is 2.50. The molecule has 1 aliphatic rings. The van der Waals surface area contributed by atoms with Crippen LogP contribution in [-0.4, -0.2) is 13.9 Å². The molecular formula is C17H26OSi. The molecule has 1 unspecified atom stereocenters. The monoisotopic (exact) mass is 274 g/mol. The van der Waals surface area contributed by atoms with Crippen molar-refractivity contribution in [1.29, 1.82) is 0 Å². The number of carbonyl (C=O) groups is 1. The van der Waals surface area contributed by atoms with Gasteiger partial charge < -0.3 is 0 Å². The van der Waals surface area contributed by atoms with Crippen molar-refractivity contribution in [3.63, 3.8) is 0 Å².